The number of aromatic nitrogens is 2. The average Bonchev–Trinajstić information content (AvgIpc) is 3.91. The first-order chi connectivity index (χ1) is 30.8. The predicted molar refractivity (Wildman–Crippen MR) is 249 cm³/mol. The van der Waals surface area contributed by atoms with Crippen LogP contribution in [0.25, 0.3) is 22.3 Å². The Morgan fingerprint density at radius 2 is 1.83 bits per heavy atom. The van der Waals surface area contributed by atoms with Gasteiger partial charge < -0.3 is 34.3 Å². The van der Waals surface area contributed by atoms with Crippen molar-refractivity contribution in [2.75, 3.05) is 44.8 Å². The summed E-state index contributed by atoms with van der Waals surface area (Å²) in [5, 5.41) is 17.2. The minimum atomic E-state index is -1.27. The van der Waals surface area contributed by atoms with Gasteiger partial charge in [-0.3, -0.25) is 24.1 Å². The summed E-state index contributed by atoms with van der Waals surface area (Å²) in [4.78, 5) is 69.2. The number of aliphatic carboxylic acids is 1. The van der Waals surface area contributed by atoms with Gasteiger partial charge in [-0.25, -0.2) is 9.97 Å². The molecule has 5 fully saturated rings. The fourth-order valence-corrected chi connectivity index (χ4v) is 11.3. The lowest BCUT2D eigenvalue weighted by atomic mass is 9.77. The van der Waals surface area contributed by atoms with Crippen LogP contribution in [0.1, 0.15) is 93.4 Å². The molecule has 3 saturated carbocycles. The van der Waals surface area contributed by atoms with Gasteiger partial charge >= 0.3 is 11.9 Å². The molecule has 16 heteroatoms. The zero-order valence-electron chi connectivity index (χ0n) is 38.7. The highest BCUT2D eigenvalue weighted by molar-refractivity contribution is 7.14. The van der Waals surface area contributed by atoms with E-state index in [0.29, 0.717) is 83.4 Å². The maximum atomic E-state index is 14.9. The smallest absolute Gasteiger partial charge is 0.310 e. The van der Waals surface area contributed by atoms with Crippen LogP contribution < -0.4 is 14.8 Å². The molecule has 3 aromatic rings. The van der Waals surface area contributed by atoms with E-state index in [1.165, 1.54) is 22.7 Å². The molecule has 8 atom stereocenters. The second-order valence-corrected chi connectivity index (χ2v) is 22.1. The largest absolute Gasteiger partial charge is 0.491 e. The van der Waals surface area contributed by atoms with Crippen molar-refractivity contribution in [2.24, 2.45) is 34.5 Å². The number of ether oxygens (including phenoxy) is 4. The average molecular weight is 935 g/mol. The molecule has 8 rings (SSSR count). The lowest BCUT2D eigenvalue weighted by Crippen LogP contribution is -2.54. The molecule has 0 radical (unpaired) electrons. The number of esters is 1. The van der Waals surface area contributed by atoms with Crippen LogP contribution >= 0.6 is 22.9 Å². The van der Waals surface area contributed by atoms with Crippen molar-refractivity contribution >= 4 is 62.6 Å². The van der Waals surface area contributed by atoms with Gasteiger partial charge in [0.15, 0.2) is 10.9 Å². The van der Waals surface area contributed by atoms with Crippen LogP contribution in [0.2, 0.25) is 5.02 Å². The first kappa shape index (κ1) is 47.2. The number of likely N-dealkylation sites (tertiary alicyclic amines) is 1. The number of carbonyl (C=O) groups is 4. The van der Waals surface area contributed by atoms with Crippen molar-refractivity contribution in [3.8, 4) is 22.9 Å². The molecule has 0 bridgehead atoms. The summed E-state index contributed by atoms with van der Waals surface area (Å²) in [6.45, 7) is 21.1. The normalized spacial score (nSPS) is 27.6. The van der Waals surface area contributed by atoms with Gasteiger partial charge in [0.2, 0.25) is 5.91 Å². The van der Waals surface area contributed by atoms with Crippen LogP contribution in [-0.4, -0.2) is 118 Å². The third-order valence-corrected chi connectivity index (χ3v) is 15.4. The number of morpholine rings is 1. The zero-order valence-corrected chi connectivity index (χ0v) is 40.3. The molecular weight excluding hydrogens is 870 g/mol. The van der Waals surface area contributed by atoms with E-state index in [1.54, 1.807) is 18.2 Å². The van der Waals surface area contributed by atoms with Crippen LogP contribution in [0.5, 0.6) is 11.5 Å². The Hall–Kier alpha value is -4.31. The van der Waals surface area contributed by atoms with Crippen molar-refractivity contribution < 1.29 is 43.2 Å². The maximum Gasteiger partial charge on any atom is 0.310 e. The minimum absolute atomic E-state index is 0.0267. The number of hydrogen-bond donors (Lipinski definition) is 2. The lowest BCUT2D eigenvalue weighted by molar-refractivity contribution is -0.157. The number of halogens is 1. The van der Waals surface area contributed by atoms with E-state index in [-0.39, 0.29) is 61.1 Å². The fraction of sp³-hybridized carbons (Fsp3) is 0.633. The molecule has 1 aromatic carbocycles. The number of benzene rings is 1. The van der Waals surface area contributed by atoms with Gasteiger partial charge in [-0.15, -0.1) is 17.9 Å². The van der Waals surface area contributed by atoms with E-state index in [9.17, 15) is 24.3 Å². The molecule has 2 aliphatic heterocycles. The molecule has 5 aliphatic rings. The highest BCUT2D eigenvalue weighted by Gasteiger charge is 2.61. The van der Waals surface area contributed by atoms with Crippen molar-refractivity contribution in [2.45, 2.75) is 123 Å². The molecule has 352 valence electrons. The van der Waals surface area contributed by atoms with Gasteiger partial charge in [-0.2, -0.15) is 0 Å². The number of Topliss-reactive ketones (excluding diaryl/α,β-unsaturated/α-hetero) is 1. The van der Waals surface area contributed by atoms with Gasteiger partial charge in [0.1, 0.15) is 41.0 Å². The monoisotopic (exact) mass is 933 g/mol. The summed E-state index contributed by atoms with van der Waals surface area (Å²) in [5.74, 6) is -1.25. The van der Waals surface area contributed by atoms with Gasteiger partial charge in [-0.1, -0.05) is 38.4 Å². The number of carbonyl (C=O) groups excluding carboxylic acids is 3. The third kappa shape index (κ3) is 10.2. The second kappa shape index (κ2) is 18.4. The molecule has 4 heterocycles. The van der Waals surface area contributed by atoms with Gasteiger partial charge in [-0.05, 0) is 88.7 Å². The van der Waals surface area contributed by atoms with E-state index in [2.05, 4.69) is 30.6 Å². The number of amides is 1. The Morgan fingerprint density at radius 1 is 1.08 bits per heavy atom. The fourth-order valence-electron chi connectivity index (χ4n) is 10.2. The standard InChI is InChI=1S/C49H64ClN5O9S/c1-9-30-22-49(30,45(59)60)23-38(56)37-19-32(24-55(37)44(58)34(47(4,5)6)20-41(57)64-31-17-28-16-29(28)18-31)63-40-21-35(36-25-65-46(53-36)51-27(2)3)52-43-33(40)10-11-39(42(43)50)62-15-13-54-12-14-61-26-48(54,7)8/h9-11,21,25,27-32,34,37H,1,12-20,22-24,26H2,2-8H3,(H,51,53)(H,59,60)/t28-,29+,30-,31?,32-,34-,37+,49?/m1/s1. The maximum absolute atomic E-state index is 14.9. The highest BCUT2D eigenvalue weighted by atomic mass is 35.5. The summed E-state index contributed by atoms with van der Waals surface area (Å²) >= 11 is 8.62. The number of allylic oxidation sites excluding steroid dienone is 1. The number of pyridine rings is 1. The second-order valence-electron chi connectivity index (χ2n) is 20.9. The van der Waals surface area contributed by atoms with Crippen LogP contribution in [0.4, 0.5) is 5.13 Å². The van der Waals surface area contributed by atoms with E-state index in [4.69, 9.17) is 40.5 Å². The summed E-state index contributed by atoms with van der Waals surface area (Å²) in [6, 6.07) is 4.62. The van der Waals surface area contributed by atoms with Crippen molar-refractivity contribution in [1.82, 2.24) is 19.8 Å². The number of thiazole rings is 1. The summed E-state index contributed by atoms with van der Waals surface area (Å²) in [7, 11) is 0. The predicted octanol–water partition coefficient (Wildman–Crippen LogP) is 8.30. The Labute approximate surface area is 390 Å². The number of carboxylic acids is 1. The Balaban J connectivity index is 1.09. The lowest BCUT2D eigenvalue weighted by Gasteiger charge is -2.41. The molecule has 65 heavy (non-hydrogen) atoms. The van der Waals surface area contributed by atoms with Crippen LogP contribution in [-0.2, 0) is 28.7 Å². The quantitative estimate of drug-likeness (QED) is 0.0924. The Morgan fingerprint density at radius 3 is 2.49 bits per heavy atom. The first-order valence-electron chi connectivity index (χ1n) is 23.1. The number of hydrogen-bond acceptors (Lipinski definition) is 13. The van der Waals surface area contributed by atoms with Gasteiger partial charge in [0.25, 0.3) is 0 Å². The molecule has 2 unspecified atom stereocenters. The molecule has 14 nitrogen and oxygen atoms in total. The van der Waals surface area contributed by atoms with Crippen molar-refractivity contribution in [1.29, 1.82) is 0 Å². The van der Waals surface area contributed by atoms with E-state index in [0.717, 1.165) is 24.5 Å². The number of nitrogens with zero attached hydrogens (tertiary/aromatic N) is 4. The molecule has 1 amide bonds. The van der Waals surface area contributed by atoms with Gasteiger partial charge in [0, 0.05) is 54.3 Å². The van der Waals surface area contributed by atoms with E-state index < -0.39 is 40.8 Å². The van der Waals surface area contributed by atoms with Crippen molar-refractivity contribution in [3.05, 3.63) is 41.3 Å². The summed E-state index contributed by atoms with van der Waals surface area (Å²) < 4.78 is 24.8. The molecule has 2 aromatic heterocycles. The van der Waals surface area contributed by atoms with Crippen LogP contribution in [0.15, 0.2) is 36.2 Å². The molecule has 3 aliphatic carbocycles. The van der Waals surface area contributed by atoms with E-state index >= 15 is 0 Å². The summed E-state index contributed by atoms with van der Waals surface area (Å²) in [5.41, 5.74) is -0.526. The number of fused-ring (bicyclic) bond motifs is 2. The first-order valence-corrected chi connectivity index (χ1v) is 24.4. The van der Waals surface area contributed by atoms with E-state index in [1.807, 2.05) is 46.1 Å². The number of nitrogens with one attached hydrogen (secondary N) is 1. The topological polar surface area (TPSA) is 170 Å². The molecule has 0 spiro atoms. The van der Waals surface area contributed by atoms with Crippen LogP contribution in [0.3, 0.4) is 0 Å². The minimum Gasteiger partial charge on any atom is -0.491 e. The van der Waals surface area contributed by atoms with Gasteiger partial charge in [0.05, 0.1) is 54.8 Å². The number of anilines is 1. The highest BCUT2D eigenvalue weighted by Crippen LogP contribution is 2.57. The number of ketones is 1. The molecule has 2 N–H and O–H groups in total. The Kier molecular flexibility index (Phi) is 13.4. The molecular formula is C49H64ClN5O9S. The SMILES string of the molecule is C=C[C@@H]1CC1(CC(=O)[C@@H]1C[C@@H](Oc2cc(-c3csc(NC(C)C)n3)nc3c(Cl)c(OCCN4CCOCC4(C)C)ccc23)CN1C(=O)[C@@H](CC(=O)OC1C[C@@H]2C[C@@H]2C1)C(C)(C)C)C(=O)O. The number of carboxylic acid groups (broad SMARTS) is 1. The summed E-state index contributed by atoms with van der Waals surface area (Å²) in [6.07, 6.45) is 3.68. The molecule has 2 saturated heterocycles. The number of rotatable bonds is 18. The van der Waals surface area contributed by atoms with Crippen LogP contribution in [0, 0.1) is 34.5 Å². The zero-order chi connectivity index (χ0) is 46.6. The van der Waals surface area contributed by atoms with Crippen molar-refractivity contribution in [3.63, 3.8) is 0 Å². The Bertz CT molecular complexity index is 2320. The third-order valence-electron chi connectivity index (χ3n) is 14.2.